The van der Waals surface area contributed by atoms with Crippen LogP contribution < -0.4 is 20.1 Å². The maximum Gasteiger partial charge on any atom is 0.252 e. The molecule has 0 spiro atoms. The van der Waals surface area contributed by atoms with Crippen LogP contribution in [0.4, 0.5) is 4.39 Å². The average Bonchev–Trinajstić information content (AvgIpc) is 2.65. The minimum absolute atomic E-state index is 0.0158. The number of halogens is 2. The molecule has 0 heterocycles. The molecule has 2 amide bonds. The summed E-state index contributed by atoms with van der Waals surface area (Å²) < 4.78 is 23.5. The van der Waals surface area contributed by atoms with Gasteiger partial charge in [-0.25, -0.2) is 4.39 Å². The van der Waals surface area contributed by atoms with Crippen LogP contribution in [0.3, 0.4) is 0 Å². The molecule has 2 aromatic rings. The summed E-state index contributed by atoms with van der Waals surface area (Å²) in [5, 5.41) is 5.35. The van der Waals surface area contributed by atoms with Crippen molar-refractivity contribution in [2.45, 2.75) is 13.0 Å². The number of carbonyl (C=O) groups is 2. The summed E-state index contributed by atoms with van der Waals surface area (Å²) in [7, 11) is 3.07. The molecule has 0 unspecified atom stereocenters. The Hall–Kier alpha value is -2.80. The van der Waals surface area contributed by atoms with Crippen LogP contribution in [-0.4, -0.2) is 32.6 Å². The van der Waals surface area contributed by atoms with E-state index in [0.717, 1.165) is 17.7 Å². The zero-order chi connectivity index (χ0) is 19.8. The lowest BCUT2D eigenvalue weighted by Gasteiger charge is -2.13. The van der Waals surface area contributed by atoms with E-state index in [-0.39, 0.29) is 36.0 Å². The van der Waals surface area contributed by atoms with Gasteiger partial charge in [0.2, 0.25) is 5.91 Å². The van der Waals surface area contributed by atoms with Gasteiger partial charge in [0, 0.05) is 25.1 Å². The Morgan fingerprint density at radius 2 is 1.89 bits per heavy atom. The van der Waals surface area contributed by atoms with Crippen molar-refractivity contribution in [2.75, 3.05) is 20.8 Å². The largest absolute Gasteiger partial charge is 0.493 e. The van der Waals surface area contributed by atoms with Crippen molar-refractivity contribution in [1.29, 1.82) is 0 Å². The van der Waals surface area contributed by atoms with Crippen molar-refractivity contribution in [3.63, 3.8) is 0 Å². The van der Waals surface area contributed by atoms with Crippen molar-refractivity contribution in [3.8, 4) is 11.5 Å². The quantitative estimate of drug-likeness (QED) is 0.721. The molecule has 0 bridgehead atoms. The van der Waals surface area contributed by atoms with Crippen LogP contribution in [0.2, 0.25) is 5.02 Å². The van der Waals surface area contributed by atoms with Crippen LogP contribution in [0.1, 0.15) is 22.3 Å². The van der Waals surface area contributed by atoms with Gasteiger partial charge in [0.25, 0.3) is 5.91 Å². The monoisotopic (exact) mass is 394 g/mol. The van der Waals surface area contributed by atoms with Gasteiger partial charge >= 0.3 is 0 Å². The van der Waals surface area contributed by atoms with Crippen molar-refractivity contribution in [2.24, 2.45) is 0 Å². The van der Waals surface area contributed by atoms with Gasteiger partial charge in [-0.2, -0.15) is 0 Å². The van der Waals surface area contributed by atoms with E-state index in [1.807, 2.05) is 6.07 Å². The molecule has 6 nitrogen and oxygen atoms in total. The number of carbonyl (C=O) groups excluding carboxylic acids is 2. The minimum atomic E-state index is -0.524. The maximum atomic E-state index is 13.0. The second-order valence-corrected chi connectivity index (χ2v) is 5.97. The van der Waals surface area contributed by atoms with Gasteiger partial charge in [-0.1, -0.05) is 23.7 Å². The fourth-order valence-corrected chi connectivity index (χ4v) is 2.69. The molecule has 2 aromatic carbocycles. The van der Waals surface area contributed by atoms with Crippen molar-refractivity contribution < 1.29 is 23.5 Å². The highest BCUT2D eigenvalue weighted by molar-refractivity contribution is 6.33. The minimum Gasteiger partial charge on any atom is -0.493 e. The van der Waals surface area contributed by atoms with E-state index < -0.39 is 11.7 Å². The summed E-state index contributed by atoms with van der Waals surface area (Å²) in [6.45, 7) is 0.380. The lowest BCUT2D eigenvalue weighted by atomic mass is 10.2. The van der Waals surface area contributed by atoms with E-state index in [2.05, 4.69) is 10.6 Å². The first kappa shape index (κ1) is 20.5. The predicted octanol–water partition coefficient (Wildman–Crippen LogP) is 2.93. The van der Waals surface area contributed by atoms with Crippen LogP contribution in [0, 0.1) is 5.82 Å². The molecule has 8 heteroatoms. The highest BCUT2D eigenvalue weighted by Gasteiger charge is 2.13. The maximum absolute atomic E-state index is 13.0. The lowest BCUT2D eigenvalue weighted by molar-refractivity contribution is -0.121. The zero-order valence-electron chi connectivity index (χ0n) is 15.0. The Bertz CT molecular complexity index is 829. The van der Waals surface area contributed by atoms with E-state index in [1.165, 1.54) is 20.3 Å². The molecule has 0 aliphatic rings. The third kappa shape index (κ3) is 5.59. The molecule has 0 aliphatic carbocycles. The fraction of sp³-hybridized carbons (Fsp3) is 0.263. The summed E-state index contributed by atoms with van der Waals surface area (Å²) in [6, 6.07) is 8.89. The van der Waals surface area contributed by atoms with Gasteiger partial charge in [0.15, 0.2) is 11.5 Å². The molecular weight excluding hydrogens is 375 g/mol. The van der Waals surface area contributed by atoms with Gasteiger partial charge in [0.05, 0.1) is 24.8 Å². The normalized spacial score (nSPS) is 10.2. The molecule has 0 radical (unpaired) electrons. The smallest absolute Gasteiger partial charge is 0.252 e. The second-order valence-electron chi connectivity index (χ2n) is 5.56. The molecule has 2 N–H and O–H groups in total. The SMILES string of the molecule is COc1cccc(CNC(=O)CCNC(=O)c2ccc(F)cc2Cl)c1OC. The number of rotatable bonds is 8. The molecule has 0 saturated carbocycles. The lowest BCUT2D eigenvalue weighted by Crippen LogP contribution is -2.30. The molecule has 0 aliphatic heterocycles. The van der Waals surface area contributed by atoms with Crippen LogP contribution in [0.15, 0.2) is 36.4 Å². The molecule has 0 saturated heterocycles. The number of benzene rings is 2. The molecule has 0 aromatic heterocycles. The Morgan fingerprint density at radius 1 is 1.11 bits per heavy atom. The zero-order valence-corrected chi connectivity index (χ0v) is 15.7. The second kappa shape index (κ2) is 9.78. The molecular formula is C19H20ClFN2O4. The first-order chi connectivity index (χ1) is 13.0. The van der Waals surface area contributed by atoms with Crippen LogP contribution in [0.5, 0.6) is 11.5 Å². The number of nitrogens with one attached hydrogen (secondary N) is 2. The summed E-state index contributed by atoms with van der Waals surface area (Å²) >= 11 is 5.83. The van der Waals surface area contributed by atoms with E-state index in [0.29, 0.717) is 11.5 Å². The van der Waals surface area contributed by atoms with Crippen molar-refractivity contribution in [1.82, 2.24) is 10.6 Å². The Morgan fingerprint density at radius 3 is 2.56 bits per heavy atom. The molecule has 27 heavy (non-hydrogen) atoms. The van der Waals surface area contributed by atoms with Crippen LogP contribution in [-0.2, 0) is 11.3 Å². The Balaban J connectivity index is 1.82. The summed E-state index contributed by atoms with van der Waals surface area (Å²) in [6.07, 6.45) is 0.0802. The predicted molar refractivity (Wildman–Crippen MR) is 99.8 cm³/mol. The highest BCUT2D eigenvalue weighted by Crippen LogP contribution is 2.30. The third-order valence-electron chi connectivity index (χ3n) is 3.77. The molecule has 2 rings (SSSR count). The van der Waals surface area contributed by atoms with Crippen molar-refractivity contribution >= 4 is 23.4 Å². The van der Waals surface area contributed by atoms with Gasteiger partial charge in [0.1, 0.15) is 5.82 Å². The summed E-state index contributed by atoms with van der Waals surface area (Å²) in [5.41, 5.74) is 0.923. The third-order valence-corrected chi connectivity index (χ3v) is 4.09. The van der Waals surface area contributed by atoms with Crippen molar-refractivity contribution in [3.05, 3.63) is 58.4 Å². The van der Waals surface area contributed by atoms with Gasteiger partial charge in [-0.3, -0.25) is 9.59 Å². The average molecular weight is 395 g/mol. The van der Waals surface area contributed by atoms with Gasteiger partial charge in [-0.05, 0) is 24.3 Å². The standard InChI is InChI=1S/C19H20ClFN2O4/c1-26-16-5-3-4-12(18(16)27-2)11-23-17(24)8-9-22-19(25)14-7-6-13(21)10-15(14)20/h3-7,10H,8-9,11H2,1-2H3,(H,22,25)(H,23,24). The number of para-hydroxylation sites is 1. The molecule has 0 fully saturated rings. The fourth-order valence-electron chi connectivity index (χ4n) is 2.43. The number of amides is 2. The highest BCUT2D eigenvalue weighted by atomic mass is 35.5. The topological polar surface area (TPSA) is 76.7 Å². The number of ether oxygens (including phenoxy) is 2. The molecule has 0 atom stereocenters. The number of methoxy groups -OCH3 is 2. The van der Waals surface area contributed by atoms with Gasteiger partial charge in [-0.15, -0.1) is 0 Å². The Labute approximate surface area is 161 Å². The van der Waals surface area contributed by atoms with E-state index in [4.69, 9.17) is 21.1 Å². The molecule has 144 valence electrons. The van der Waals surface area contributed by atoms with E-state index in [9.17, 15) is 14.0 Å². The van der Waals surface area contributed by atoms with E-state index >= 15 is 0 Å². The first-order valence-electron chi connectivity index (χ1n) is 8.16. The van der Waals surface area contributed by atoms with Crippen LogP contribution in [0.25, 0.3) is 0 Å². The Kier molecular flexibility index (Phi) is 7.43. The summed E-state index contributed by atoms with van der Waals surface area (Å²) in [4.78, 5) is 24.0. The number of hydrogen-bond acceptors (Lipinski definition) is 4. The number of hydrogen-bond donors (Lipinski definition) is 2. The van der Waals surface area contributed by atoms with Gasteiger partial charge < -0.3 is 20.1 Å². The first-order valence-corrected chi connectivity index (χ1v) is 8.54. The summed E-state index contributed by atoms with van der Waals surface area (Å²) in [5.74, 6) is -0.108. The van der Waals surface area contributed by atoms with Crippen LogP contribution >= 0.6 is 11.6 Å². The van der Waals surface area contributed by atoms with E-state index in [1.54, 1.807) is 12.1 Å².